The highest BCUT2D eigenvalue weighted by Gasteiger charge is 2.21. The van der Waals surface area contributed by atoms with Crippen LogP contribution in [0.3, 0.4) is 0 Å². The lowest BCUT2D eigenvalue weighted by Gasteiger charge is -2.09. The maximum Gasteiger partial charge on any atom is 0.343 e. The van der Waals surface area contributed by atoms with E-state index in [1.807, 2.05) is 6.92 Å². The van der Waals surface area contributed by atoms with Crippen molar-refractivity contribution < 1.29 is 24.0 Å². The van der Waals surface area contributed by atoms with Gasteiger partial charge in [-0.1, -0.05) is 25.5 Å². The molecular formula is C20H20N2O6. The van der Waals surface area contributed by atoms with Gasteiger partial charge in [0.25, 0.3) is 5.69 Å². The lowest BCUT2D eigenvalue weighted by Crippen LogP contribution is -2.14. The van der Waals surface area contributed by atoms with Gasteiger partial charge in [0.15, 0.2) is 5.78 Å². The molecule has 0 radical (unpaired) electrons. The van der Waals surface area contributed by atoms with Crippen molar-refractivity contribution in [3.63, 3.8) is 0 Å². The van der Waals surface area contributed by atoms with Gasteiger partial charge >= 0.3 is 5.97 Å². The van der Waals surface area contributed by atoms with E-state index in [0.29, 0.717) is 6.42 Å². The third-order valence-corrected chi connectivity index (χ3v) is 3.93. The van der Waals surface area contributed by atoms with Crippen molar-refractivity contribution in [3.05, 3.63) is 63.7 Å². The van der Waals surface area contributed by atoms with Crippen LogP contribution in [0.5, 0.6) is 5.75 Å². The van der Waals surface area contributed by atoms with E-state index in [2.05, 4.69) is 5.32 Å². The molecule has 0 atom stereocenters. The van der Waals surface area contributed by atoms with Crippen molar-refractivity contribution in [2.24, 2.45) is 0 Å². The highest BCUT2D eigenvalue weighted by atomic mass is 16.6. The number of nitrogens with one attached hydrogen (secondary N) is 1. The van der Waals surface area contributed by atoms with Gasteiger partial charge in [0.1, 0.15) is 11.4 Å². The van der Waals surface area contributed by atoms with E-state index < -0.39 is 16.6 Å². The number of Topliss-reactive ketones (excluding diaryl/α,β-unsaturated/α-hetero) is 1. The number of anilines is 1. The molecule has 0 fully saturated rings. The first-order valence-electron chi connectivity index (χ1n) is 8.74. The number of para-hydroxylation sites is 1. The third-order valence-electron chi connectivity index (χ3n) is 3.93. The Labute approximate surface area is 161 Å². The Bertz CT molecular complexity index is 923. The van der Waals surface area contributed by atoms with Crippen LogP contribution in [0.15, 0.2) is 42.5 Å². The molecule has 0 saturated carbocycles. The molecule has 0 heterocycles. The zero-order valence-electron chi connectivity index (χ0n) is 15.6. The van der Waals surface area contributed by atoms with Gasteiger partial charge in [-0.2, -0.15) is 0 Å². The number of ether oxygens (including phenoxy) is 1. The van der Waals surface area contributed by atoms with Crippen molar-refractivity contribution in [3.8, 4) is 5.75 Å². The van der Waals surface area contributed by atoms with Crippen LogP contribution < -0.4 is 10.1 Å². The van der Waals surface area contributed by atoms with Crippen molar-refractivity contribution in [1.29, 1.82) is 0 Å². The summed E-state index contributed by atoms with van der Waals surface area (Å²) in [5.41, 5.74) is -0.257. The Hall–Kier alpha value is -3.55. The fourth-order valence-corrected chi connectivity index (χ4v) is 2.47. The lowest BCUT2D eigenvalue weighted by atomic mass is 10.1. The molecule has 28 heavy (non-hydrogen) atoms. The monoisotopic (exact) mass is 384 g/mol. The summed E-state index contributed by atoms with van der Waals surface area (Å²) in [5.74, 6) is -1.39. The van der Waals surface area contributed by atoms with Gasteiger partial charge < -0.3 is 10.1 Å². The van der Waals surface area contributed by atoms with Crippen LogP contribution >= 0.6 is 0 Å². The van der Waals surface area contributed by atoms with E-state index >= 15 is 0 Å². The van der Waals surface area contributed by atoms with Gasteiger partial charge in [-0.05, 0) is 37.6 Å². The molecule has 0 aliphatic carbocycles. The summed E-state index contributed by atoms with van der Waals surface area (Å²) in [6.07, 6.45) is 1.74. The number of carbonyl (C=O) groups is 3. The van der Waals surface area contributed by atoms with Crippen molar-refractivity contribution >= 4 is 29.0 Å². The number of nitro benzene ring substituents is 1. The standard InChI is InChI=1S/C20H20N2O6/c1-3-4-9-19(24)21-16-11-10-14(12-17(16)22(26)27)20(25)28-18-8-6-5-7-15(18)13(2)23/h5-8,10-12H,3-4,9H2,1-2H3,(H,21,24). The third kappa shape index (κ3) is 5.23. The fourth-order valence-electron chi connectivity index (χ4n) is 2.47. The number of carbonyl (C=O) groups excluding carboxylic acids is 3. The average Bonchev–Trinajstić information content (AvgIpc) is 2.66. The summed E-state index contributed by atoms with van der Waals surface area (Å²) in [6, 6.07) is 9.86. The maximum absolute atomic E-state index is 12.4. The highest BCUT2D eigenvalue weighted by Crippen LogP contribution is 2.27. The summed E-state index contributed by atoms with van der Waals surface area (Å²) < 4.78 is 5.23. The molecule has 1 amide bonds. The number of hydrogen-bond acceptors (Lipinski definition) is 6. The topological polar surface area (TPSA) is 116 Å². The largest absolute Gasteiger partial charge is 0.422 e. The maximum atomic E-state index is 12.4. The van der Waals surface area contributed by atoms with Gasteiger partial charge in [0.05, 0.1) is 16.1 Å². The van der Waals surface area contributed by atoms with Crippen LogP contribution in [0.2, 0.25) is 0 Å². The first-order valence-corrected chi connectivity index (χ1v) is 8.74. The summed E-state index contributed by atoms with van der Waals surface area (Å²) in [6.45, 7) is 3.27. The van der Waals surface area contributed by atoms with Crippen LogP contribution in [0.4, 0.5) is 11.4 Å². The number of benzene rings is 2. The Balaban J connectivity index is 2.26. The minimum atomic E-state index is -0.847. The second-order valence-electron chi connectivity index (χ2n) is 6.08. The van der Waals surface area contributed by atoms with E-state index in [1.54, 1.807) is 12.1 Å². The van der Waals surface area contributed by atoms with Crippen LogP contribution in [0.25, 0.3) is 0 Å². The van der Waals surface area contributed by atoms with Crippen LogP contribution in [0, 0.1) is 10.1 Å². The molecular weight excluding hydrogens is 364 g/mol. The molecule has 0 unspecified atom stereocenters. The molecule has 2 aromatic rings. The Morgan fingerprint density at radius 2 is 1.86 bits per heavy atom. The lowest BCUT2D eigenvalue weighted by molar-refractivity contribution is -0.384. The number of nitro groups is 1. The van der Waals surface area contributed by atoms with Gasteiger partial charge in [0.2, 0.25) is 5.91 Å². The van der Waals surface area contributed by atoms with Gasteiger partial charge in [-0.25, -0.2) is 4.79 Å². The van der Waals surface area contributed by atoms with Crippen LogP contribution in [0.1, 0.15) is 53.8 Å². The number of esters is 1. The zero-order valence-corrected chi connectivity index (χ0v) is 15.6. The molecule has 2 aromatic carbocycles. The minimum absolute atomic E-state index is 0.00629. The molecule has 8 heteroatoms. The number of unbranched alkanes of at least 4 members (excludes halogenated alkanes) is 1. The summed E-state index contributed by atoms with van der Waals surface area (Å²) >= 11 is 0. The van der Waals surface area contributed by atoms with Crippen LogP contribution in [-0.4, -0.2) is 22.6 Å². The van der Waals surface area contributed by atoms with Gasteiger partial charge in [-0.3, -0.25) is 19.7 Å². The molecule has 146 valence electrons. The average molecular weight is 384 g/mol. The van der Waals surface area contributed by atoms with E-state index in [4.69, 9.17) is 4.74 Å². The number of amides is 1. The second-order valence-corrected chi connectivity index (χ2v) is 6.08. The molecule has 0 bridgehead atoms. The molecule has 8 nitrogen and oxygen atoms in total. The quantitative estimate of drug-likeness (QED) is 0.240. The number of hydrogen-bond donors (Lipinski definition) is 1. The predicted octanol–water partition coefficient (Wildman–Crippen LogP) is 4.15. The second kappa shape index (κ2) is 9.40. The first-order chi connectivity index (χ1) is 13.3. The normalized spacial score (nSPS) is 10.2. The Kier molecular flexibility index (Phi) is 6.97. The molecule has 0 saturated heterocycles. The Morgan fingerprint density at radius 1 is 1.14 bits per heavy atom. The predicted molar refractivity (Wildman–Crippen MR) is 103 cm³/mol. The minimum Gasteiger partial charge on any atom is -0.422 e. The number of ketones is 1. The molecule has 2 rings (SSSR count). The van der Waals surface area contributed by atoms with Crippen molar-refractivity contribution in [1.82, 2.24) is 0 Å². The van der Waals surface area contributed by atoms with E-state index in [1.165, 1.54) is 31.2 Å². The van der Waals surface area contributed by atoms with Gasteiger partial charge in [0, 0.05) is 12.5 Å². The molecule has 0 aliphatic heterocycles. The van der Waals surface area contributed by atoms with Crippen LogP contribution in [-0.2, 0) is 4.79 Å². The molecule has 0 aliphatic rings. The highest BCUT2D eigenvalue weighted by molar-refractivity contribution is 6.00. The van der Waals surface area contributed by atoms with Crippen molar-refractivity contribution in [2.75, 3.05) is 5.32 Å². The smallest absolute Gasteiger partial charge is 0.343 e. The fraction of sp³-hybridized carbons (Fsp3) is 0.250. The first kappa shape index (κ1) is 20.8. The summed E-state index contributed by atoms with van der Waals surface area (Å²) in [4.78, 5) is 46.5. The van der Waals surface area contributed by atoms with E-state index in [-0.39, 0.29) is 40.7 Å². The van der Waals surface area contributed by atoms with E-state index in [9.17, 15) is 24.5 Å². The van der Waals surface area contributed by atoms with Gasteiger partial charge in [-0.15, -0.1) is 0 Å². The molecule has 1 N–H and O–H groups in total. The van der Waals surface area contributed by atoms with Crippen molar-refractivity contribution in [2.45, 2.75) is 33.1 Å². The Morgan fingerprint density at radius 3 is 2.50 bits per heavy atom. The number of nitrogens with zero attached hydrogens (tertiary/aromatic N) is 1. The summed E-state index contributed by atoms with van der Waals surface area (Å²) in [5, 5.41) is 13.8. The molecule has 0 aromatic heterocycles. The zero-order chi connectivity index (χ0) is 20.7. The number of rotatable bonds is 8. The summed E-state index contributed by atoms with van der Waals surface area (Å²) in [7, 11) is 0. The van der Waals surface area contributed by atoms with E-state index in [0.717, 1.165) is 12.5 Å². The SMILES string of the molecule is CCCCC(=O)Nc1ccc(C(=O)Oc2ccccc2C(C)=O)cc1[N+](=O)[O-]. The molecule has 0 spiro atoms.